The lowest BCUT2D eigenvalue weighted by molar-refractivity contribution is 0.282. The van der Waals surface area contributed by atoms with Crippen molar-refractivity contribution in [3.8, 4) is 0 Å². The first kappa shape index (κ1) is 12.3. The van der Waals surface area contributed by atoms with Crippen LogP contribution >= 0.6 is 0 Å². The molecular formula is C12H15NO3S. The number of nitrogens with two attached hydrogens (primary N) is 1. The molecule has 5 heteroatoms. The van der Waals surface area contributed by atoms with Crippen molar-refractivity contribution >= 4 is 15.9 Å². The highest BCUT2D eigenvalue weighted by molar-refractivity contribution is 7.84. The van der Waals surface area contributed by atoms with Gasteiger partial charge in [-0.3, -0.25) is 4.18 Å². The van der Waals surface area contributed by atoms with Gasteiger partial charge in [0.15, 0.2) is 0 Å². The molecule has 2 rings (SSSR count). The third-order valence-electron chi connectivity index (χ3n) is 2.86. The molecule has 1 aliphatic carbocycles. The third-order valence-corrected chi connectivity index (χ3v) is 3.32. The first-order valence-corrected chi connectivity index (χ1v) is 6.96. The van der Waals surface area contributed by atoms with Crippen molar-refractivity contribution in [1.82, 2.24) is 0 Å². The van der Waals surface area contributed by atoms with E-state index in [1.807, 2.05) is 30.3 Å². The normalized spacial score (nSPS) is 20.3. The molecule has 17 heavy (non-hydrogen) atoms. The molecule has 0 spiro atoms. The van der Waals surface area contributed by atoms with E-state index in [4.69, 9.17) is 5.14 Å². The average Bonchev–Trinajstić information content (AvgIpc) is 2.75. The maximum atomic E-state index is 10.8. The molecule has 0 amide bonds. The van der Waals surface area contributed by atoms with Gasteiger partial charge in [-0.1, -0.05) is 36.4 Å². The molecule has 0 unspecified atom stereocenters. The van der Waals surface area contributed by atoms with Crippen LogP contribution in [0.15, 0.2) is 36.4 Å². The first-order chi connectivity index (χ1) is 8.06. The van der Waals surface area contributed by atoms with E-state index in [1.54, 1.807) is 0 Å². The van der Waals surface area contributed by atoms with Crippen molar-refractivity contribution in [1.29, 1.82) is 0 Å². The van der Waals surface area contributed by atoms with E-state index in [-0.39, 0.29) is 12.5 Å². The molecule has 92 valence electrons. The predicted octanol–water partition coefficient (Wildman–Crippen LogP) is 1.70. The minimum Gasteiger partial charge on any atom is -0.258 e. The smallest absolute Gasteiger partial charge is 0.258 e. The van der Waals surface area contributed by atoms with Gasteiger partial charge in [0, 0.05) is 5.92 Å². The first-order valence-electron chi connectivity index (χ1n) is 5.49. The number of rotatable bonds is 4. The highest BCUT2D eigenvalue weighted by Crippen LogP contribution is 2.33. The van der Waals surface area contributed by atoms with Crippen LogP contribution < -0.4 is 5.14 Å². The Balaban J connectivity index is 2.08. The van der Waals surface area contributed by atoms with Crippen molar-refractivity contribution in [2.45, 2.75) is 12.8 Å². The van der Waals surface area contributed by atoms with Crippen LogP contribution in [0.2, 0.25) is 0 Å². The molecule has 2 N–H and O–H groups in total. The quantitative estimate of drug-likeness (QED) is 0.888. The number of hydrogen-bond donors (Lipinski definition) is 1. The Labute approximate surface area is 101 Å². The van der Waals surface area contributed by atoms with Crippen LogP contribution in [0, 0.1) is 5.92 Å². The van der Waals surface area contributed by atoms with Crippen LogP contribution in [0.3, 0.4) is 0 Å². The molecule has 0 saturated carbocycles. The Morgan fingerprint density at radius 2 is 2.00 bits per heavy atom. The molecule has 0 aromatic heterocycles. The summed E-state index contributed by atoms with van der Waals surface area (Å²) in [6, 6.07) is 9.91. The van der Waals surface area contributed by atoms with Crippen LogP contribution in [0.5, 0.6) is 0 Å². The van der Waals surface area contributed by atoms with Crippen molar-refractivity contribution in [2.75, 3.05) is 6.61 Å². The zero-order valence-corrected chi connectivity index (χ0v) is 10.2. The zero-order chi connectivity index (χ0) is 12.3. The van der Waals surface area contributed by atoms with E-state index in [0.717, 1.165) is 24.0 Å². The second-order valence-corrected chi connectivity index (χ2v) is 5.30. The van der Waals surface area contributed by atoms with Gasteiger partial charge in [0.1, 0.15) is 0 Å². The van der Waals surface area contributed by atoms with Crippen LogP contribution in [0.1, 0.15) is 18.4 Å². The summed E-state index contributed by atoms with van der Waals surface area (Å²) in [6.07, 6.45) is 3.98. The summed E-state index contributed by atoms with van der Waals surface area (Å²) in [4.78, 5) is 0. The van der Waals surface area contributed by atoms with Crippen molar-refractivity contribution < 1.29 is 12.6 Å². The number of benzene rings is 1. The van der Waals surface area contributed by atoms with Gasteiger partial charge in [0.05, 0.1) is 6.61 Å². The molecular weight excluding hydrogens is 238 g/mol. The fourth-order valence-electron chi connectivity index (χ4n) is 2.10. The number of hydrogen-bond acceptors (Lipinski definition) is 3. The molecule has 0 fully saturated rings. The van der Waals surface area contributed by atoms with Crippen molar-refractivity contribution in [3.63, 3.8) is 0 Å². The Kier molecular flexibility index (Phi) is 3.61. The van der Waals surface area contributed by atoms with E-state index >= 15 is 0 Å². The second-order valence-electron chi connectivity index (χ2n) is 4.08. The Bertz CT molecular complexity index is 508. The molecule has 1 aromatic rings. The Morgan fingerprint density at radius 3 is 2.65 bits per heavy atom. The summed E-state index contributed by atoms with van der Waals surface area (Å²) < 4.78 is 26.2. The SMILES string of the molecule is NS(=O)(=O)OC[C@@H]1CCC=C1c1ccccc1. The Morgan fingerprint density at radius 1 is 1.29 bits per heavy atom. The minimum atomic E-state index is -3.84. The maximum Gasteiger partial charge on any atom is 0.333 e. The standard InChI is InChI=1S/C12H15NO3S/c13-17(14,15)16-9-11-7-4-8-12(11)10-5-2-1-3-6-10/h1-3,5-6,8,11H,4,7,9H2,(H2,13,14,15)/t11-/m0/s1. The van der Waals surface area contributed by atoms with Crippen LogP contribution in [-0.4, -0.2) is 15.0 Å². The zero-order valence-electron chi connectivity index (χ0n) is 9.37. The van der Waals surface area contributed by atoms with E-state index in [1.165, 1.54) is 0 Å². The predicted molar refractivity (Wildman–Crippen MR) is 66.2 cm³/mol. The lowest BCUT2D eigenvalue weighted by Crippen LogP contribution is -2.20. The van der Waals surface area contributed by atoms with Gasteiger partial charge in [-0.25, -0.2) is 5.14 Å². The summed E-state index contributed by atoms with van der Waals surface area (Å²) in [5.41, 5.74) is 2.27. The fraction of sp³-hybridized carbons (Fsp3) is 0.333. The second kappa shape index (κ2) is 5.00. The molecule has 0 aliphatic heterocycles. The molecule has 1 aromatic carbocycles. The van der Waals surface area contributed by atoms with Crippen molar-refractivity contribution in [3.05, 3.63) is 42.0 Å². The molecule has 0 saturated heterocycles. The van der Waals surface area contributed by atoms with Gasteiger partial charge in [0.25, 0.3) is 0 Å². The van der Waals surface area contributed by atoms with E-state index in [2.05, 4.69) is 10.3 Å². The third kappa shape index (κ3) is 3.39. The summed E-state index contributed by atoms with van der Waals surface area (Å²) in [5, 5.41) is 4.83. The van der Waals surface area contributed by atoms with E-state index in [0.29, 0.717) is 0 Å². The minimum absolute atomic E-state index is 0.107. The highest BCUT2D eigenvalue weighted by Gasteiger charge is 2.22. The van der Waals surface area contributed by atoms with Gasteiger partial charge in [-0.2, -0.15) is 8.42 Å². The highest BCUT2D eigenvalue weighted by atomic mass is 32.2. The fourth-order valence-corrected chi connectivity index (χ4v) is 2.45. The van der Waals surface area contributed by atoms with Crippen LogP contribution in [0.4, 0.5) is 0 Å². The maximum absolute atomic E-state index is 10.8. The monoisotopic (exact) mass is 253 g/mol. The van der Waals surface area contributed by atoms with E-state index < -0.39 is 10.3 Å². The molecule has 0 radical (unpaired) electrons. The largest absolute Gasteiger partial charge is 0.333 e. The molecule has 1 atom stereocenters. The van der Waals surface area contributed by atoms with E-state index in [9.17, 15) is 8.42 Å². The van der Waals surface area contributed by atoms with Gasteiger partial charge in [-0.15, -0.1) is 0 Å². The average molecular weight is 253 g/mol. The van der Waals surface area contributed by atoms with Crippen LogP contribution in [0.25, 0.3) is 5.57 Å². The summed E-state index contributed by atoms with van der Waals surface area (Å²) in [5.74, 6) is 0.107. The summed E-state index contributed by atoms with van der Waals surface area (Å²) >= 11 is 0. The molecule has 0 heterocycles. The Hall–Kier alpha value is -1.17. The van der Waals surface area contributed by atoms with Gasteiger partial charge < -0.3 is 0 Å². The molecule has 1 aliphatic rings. The van der Waals surface area contributed by atoms with Crippen molar-refractivity contribution in [2.24, 2.45) is 11.1 Å². The van der Waals surface area contributed by atoms with Crippen LogP contribution in [-0.2, 0) is 14.5 Å². The topological polar surface area (TPSA) is 69.4 Å². The molecule has 0 bridgehead atoms. The summed E-state index contributed by atoms with van der Waals surface area (Å²) in [6.45, 7) is 0.125. The molecule has 4 nitrogen and oxygen atoms in total. The van der Waals surface area contributed by atoms with Gasteiger partial charge in [-0.05, 0) is 24.0 Å². The number of allylic oxidation sites excluding steroid dienone is 1. The van der Waals surface area contributed by atoms with Gasteiger partial charge >= 0.3 is 10.3 Å². The summed E-state index contributed by atoms with van der Waals surface area (Å²) in [7, 11) is -3.84. The van der Waals surface area contributed by atoms with Gasteiger partial charge in [0.2, 0.25) is 0 Å². The lowest BCUT2D eigenvalue weighted by atomic mass is 9.96. The lowest BCUT2D eigenvalue weighted by Gasteiger charge is -2.14.